The molecule has 1 heterocycles. The number of ether oxygens (including phenoxy) is 1. The van der Waals surface area contributed by atoms with Gasteiger partial charge in [0.05, 0.1) is 26.0 Å². The van der Waals surface area contributed by atoms with E-state index in [0.717, 1.165) is 16.8 Å². The molecule has 0 saturated carbocycles. The Morgan fingerprint density at radius 3 is 2.45 bits per heavy atom. The molecule has 1 N–H and O–H groups in total. The molecule has 20 heavy (non-hydrogen) atoms. The highest BCUT2D eigenvalue weighted by molar-refractivity contribution is 6.34. The number of aryl methyl sites for hydroxylation is 1. The predicted octanol–water partition coefficient (Wildman–Crippen LogP) is 3.09. The average Bonchev–Trinajstić information content (AvgIpc) is 2.64. The molecule has 0 bridgehead atoms. The van der Waals surface area contributed by atoms with Crippen molar-refractivity contribution in [3.8, 4) is 5.88 Å². The fourth-order valence-corrected chi connectivity index (χ4v) is 2.76. The van der Waals surface area contributed by atoms with Crippen molar-refractivity contribution < 1.29 is 9.84 Å². The second kappa shape index (κ2) is 6.48. The molecular formula is C14H16Cl2N2O2. The van der Waals surface area contributed by atoms with Gasteiger partial charge in [-0.2, -0.15) is 5.10 Å². The van der Waals surface area contributed by atoms with Crippen LogP contribution in [-0.2, 0) is 13.0 Å². The Kier molecular flexibility index (Phi) is 4.91. The summed E-state index contributed by atoms with van der Waals surface area (Å²) in [6.07, 6.45) is 0.626. The minimum absolute atomic E-state index is 0.0138. The fraction of sp³-hybridized carbons (Fsp3) is 0.357. The van der Waals surface area contributed by atoms with E-state index < -0.39 is 0 Å². The smallest absolute Gasteiger partial charge is 0.215 e. The van der Waals surface area contributed by atoms with E-state index in [1.54, 1.807) is 17.9 Å². The molecule has 1 aromatic carbocycles. The molecule has 0 fully saturated rings. The van der Waals surface area contributed by atoms with Crippen LogP contribution in [0.5, 0.6) is 5.88 Å². The van der Waals surface area contributed by atoms with Crippen molar-refractivity contribution in [1.82, 2.24) is 9.78 Å². The zero-order valence-corrected chi connectivity index (χ0v) is 12.9. The van der Waals surface area contributed by atoms with E-state index >= 15 is 0 Å². The highest BCUT2D eigenvalue weighted by Gasteiger charge is 2.16. The maximum Gasteiger partial charge on any atom is 0.215 e. The number of hydrogen-bond donors (Lipinski definition) is 1. The normalized spacial score (nSPS) is 10.8. The summed E-state index contributed by atoms with van der Waals surface area (Å²) < 4.78 is 7.07. The summed E-state index contributed by atoms with van der Waals surface area (Å²) >= 11 is 12.0. The van der Waals surface area contributed by atoms with Gasteiger partial charge in [0.2, 0.25) is 5.88 Å². The van der Waals surface area contributed by atoms with Gasteiger partial charge in [0, 0.05) is 22.0 Å². The van der Waals surface area contributed by atoms with Gasteiger partial charge in [-0.1, -0.05) is 23.2 Å². The maximum absolute atomic E-state index is 9.05. The Morgan fingerprint density at radius 2 is 1.90 bits per heavy atom. The first kappa shape index (κ1) is 15.2. The Balaban J connectivity index is 2.37. The number of rotatable bonds is 5. The third kappa shape index (κ3) is 3.26. The molecule has 2 aromatic rings. The van der Waals surface area contributed by atoms with Crippen LogP contribution in [0.4, 0.5) is 0 Å². The zero-order chi connectivity index (χ0) is 14.7. The van der Waals surface area contributed by atoms with Gasteiger partial charge in [0.25, 0.3) is 0 Å². The van der Waals surface area contributed by atoms with Crippen molar-refractivity contribution >= 4 is 23.2 Å². The molecule has 0 saturated heterocycles. The van der Waals surface area contributed by atoms with Gasteiger partial charge in [0.15, 0.2) is 0 Å². The van der Waals surface area contributed by atoms with Crippen molar-refractivity contribution in [3.63, 3.8) is 0 Å². The zero-order valence-electron chi connectivity index (χ0n) is 11.4. The molecule has 0 amide bonds. The Morgan fingerprint density at radius 1 is 1.25 bits per heavy atom. The van der Waals surface area contributed by atoms with E-state index in [4.69, 9.17) is 33.0 Å². The quantitative estimate of drug-likeness (QED) is 0.922. The molecule has 0 unspecified atom stereocenters. The van der Waals surface area contributed by atoms with Gasteiger partial charge in [-0.25, -0.2) is 4.68 Å². The van der Waals surface area contributed by atoms with Gasteiger partial charge in [-0.05, 0) is 30.7 Å². The van der Waals surface area contributed by atoms with E-state index in [-0.39, 0.29) is 6.61 Å². The molecule has 0 aliphatic heterocycles. The van der Waals surface area contributed by atoms with Gasteiger partial charge in [-0.15, -0.1) is 0 Å². The first-order valence-corrected chi connectivity index (χ1v) is 6.97. The lowest BCUT2D eigenvalue weighted by Crippen LogP contribution is -2.06. The van der Waals surface area contributed by atoms with Crippen LogP contribution in [0, 0.1) is 6.92 Å². The van der Waals surface area contributed by atoms with Crippen LogP contribution in [0.15, 0.2) is 18.2 Å². The highest BCUT2D eigenvalue weighted by atomic mass is 35.5. The van der Waals surface area contributed by atoms with E-state index in [1.807, 2.05) is 19.1 Å². The summed E-state index contributed by atoms with van der Waals surface area (Å²) in [5.74, 6) is 0.660. The van der Waals surface area contributed by atoms with Crippen LogP contribution < -0.4 is 4.74 Å². The summed E-state index contributed by atoms with van der Waals surface area (Å²) in [5, 5.41) is 14.6. The average molecular weight is 315 g/mol. The van der Waals surface area contributed by atoms with Crippen molar-refractivity contribution in [2.45, 2.75) is 19.9 Å². The third-order valence-electron chi connectivity index (χ3n) is 3.01. The lowest BCUT2D eigenvalue weighted by Gasteiger charge is -2.08. The molecule has 2 rings (SSSR count). The third-order valence-corrected chi connectivity index (χ3v) is 3.44. The van der Waals surface area contributed by atoms with Crippen LogP contribution in [0.3, 0.4) is 0 Å². The molecule has 108 valence electrons. The maximum atomic E-state index is 9.05. The SMILES string of the molecule is COc1c(Cc2cc(Cl)cc(Cl)c2)c(C)nn1CCO. The topological polar surface area (TPSA) is 47.3 Å². The molecule has 0 atom stereocenters. The first-order valence-electron chi connectivity index (χ1n) is 6.21. The number of halogens is 2. The minimum Gasteiger partial charge on any atom is -0.481 e. The molecule has 0 aliphatic carbocycles. The predicted molar refractivity (Wildman–Crippen MR) is 79.9 cm³/mol. The highest BCUT2D eigenvalue weighted by Crippen LogP contribution is 2.27. The number of methoxy groups -OCH3 is 1. The minimum atomic E-state index is 0.0138. The van der Waals surface area contributed by atoms with Gasteiger partial charge >= 0.3 is 0 Å². The lowest BCUT2D eigenvalue weighted by atomic mass is 10.1. The number of hydrogen-bond acceptors (Lipinski definition) is 3. The second-order valence-corrected chi connectivity index (χ2v) is 5.35. The summed E-state index contributed by atoms with van der Waals surface area (Å²) in [7, 11) is 1.60. The summed E-state index contributed by atoms with van der Waals surface area (Å²) in [4.78, 5) is 0. The second-order valence-electron chi connectivity index (χ2n) is 4.47. The van der Waals surface area contributed by atoms with Crippen LogP contribution in [0.1, 0.15) is 16.8 Å². The fourth-order valence-electron chi connectivity index (χ4n) is 2.19. The largest absolute Gasteiger partial charge is 0.481 e. The van der Waals surface area contributed by atoms with E-state index in [1.165, 1.54) is 0 Å². The molecule has 6 heteroatoms. The number of aromatic nitrogens is 2. The summed E-state index contributed by atoms with van der Waals surface area (Å²) in [5.41, 5.74) is 2.83. The Bertz CT molecular complexity index is 591. The van der Waals surface area contributed by atoms with E-state index in [0.29, 0.717) is 28.9 Å². The van der Waals surface area contributed by atoms with Gasteiger partial charge in [0.1, 0.15) is 0 Å². The molecule has 0 spiro atoms. The van der Waals surface area contributed by atoms with Gasteiger partial charge in [-0.3, -0.25) is 0 Å². The standard InChI is InChI=1S/C14H16Cl2N2O2/c1-9-13(14(20-2)18(17-9)3-4-19)7-10-5-11(15)8-12(16)6-10/h5-6,8,19H,3-4,7H2,1-2H3. The van der Waals surface area contributed by atoms with Gasteiger partial charge < -0.3 is 9.84 Å². The van der Waals surface area contributed by atoms with Crippen molar-refractivity contribution in [2.24, 2.45) is 0 Å². The van der Waals surface area contributed by atoms with E-state index in [2.05, 4.69) is 5.10 Å². The van der Waals surface area contributed by atoms with Crippen LogP contribution in [-0.4, -0.2) is 28.6 Å². The summed E-state index contributed by atoms with van der Waals surface area (Å²) in [6.45, 7) is 2.33. The van der Waals surface area contributed by atoms with Crippen molar-refractivity contribution in [3.05, 3.63) is 45.1 Å². The molecule has 4 nitrogen and oxygen atoms in total. The molecule has 1 aromatic heterocycles. The first-order chi connectivity index (χ1) is 9.55. The molecule has 0 radical (unpaired) electrons. The number of benzene rings is 1. The molecular weight excluding hydrogens is 299 g/mol. The van der Waals surface area contributed by atoms with Crippen LogP contribution >= 0.6 is 23.2 Å². The monoisotopic (exact) mass is 314 g/mol. The van der Waals surface area contributed by atoms with Crippen molar-refractivity contribution in [2.75, 3.05) is 13.7 Å². The number of aliphatic hydroxyl groups is 1. The van der Waals surface area contributed by atoms with Crippen molar-refractivity contribution in [1.29, 1.82) is 0 Å². The molecule has 0 aliphatic rings. The van der Waals surface area contributed by atoms with E-state index in [9.17, 15) is 0 Å². The van der Waals surface area contributed by atoms with Crippen LogP contribution in [0.2, 0.25) is 10.0 Å². The lowest BCUT2D eigenvalue weighted by molar-refractivity contribution is 0.255. The number of aliphatic hydroxyl groups excluding tert-OH is 1. The van der Waals surface area contributed by atoms with Crippen LogP contribution in [0.25, 0.3) is 0 Å². The Labute approximate surface area is 127 Å². The number of nitrogens with zero attached hydrogens (tertiary/aromatic N) is 2. The Hall–Kier alpha value is -1.23. The summed E-state index contributed by atoms with van der Waals surface area (Å²) in [6, 6.07) is 5.44.